The molecule has 0 bridgehead atoms. The molecule has 15 heavy (non-hydrogen) atoms. The zero-order valence-corrected chi connectivity index (χ0v) is 12.0. The van der Waals surface area contributed by atoms with Crippen LogP contribution in [0.2, 0.25) is 0 Å². The summed E-state index contributed by atoms with van der Waals surface area (Å²) in [5.41, 5.74) is -0.323. The lowest BCUT2D eigenvalue weighted by Crippen LogP contribution is -2.48. The van der Waals surface area contributed by atoms with Gasteiger partial charge in [-0.25, -0.2) is 0 Å². The summed E-state index contributed by atoms with van der Waals surface area (Å²) in [6.45, 7) is 5.88. The minimum atomic E-state index is -0.323. The van der Waals surface area contributed by atoms with Crippen molar-refractivity contribution in [1.82, 2.24) is 5.32 Å². The molecule has 0 radical (unpaired) electrons. The molecule has 1 heterocycles. The smallest absolute Gasteiger partial charge is 0.287 e. The van der Waals surface area contributed by atoms with Gasteiger partial charge in [0.2, 0.25) is 0 Å². The molecular formula is C10H13Br2NO2. The van der Waals surface area contributed by atoms with Gasteiger partial charge in [0.1, 0.15) is 0 Å². The first-order valence-corrected chi connectivity index (χ1v) is 6.25. The second-order valence-electron chi connectivity index (χ2n) is 3.90. The zero-order valence-electron chi connectivity index (χ0n) is 8.80. The number of halogens is 2. The van der Waals surface area contributed by atoms with Crippen LogP contribution in [-0.2, 0) is 0 Å². The molecule has 0 aromatic carbocycles. The second-order valence-corrected chi connectivity index (χ2v) is 6.05. The van der Waals surface area contributed by atoms with Crippen molar-refractivity contribution in [2.75, 3.05) is 0 Å². The van der Waals surface area contributed by atoms with Gasteiger partial charge in [-0.2, -0.15) is 0 Å². The maximum Gasteiger partial charge on any atom is 0.287 e. The van der Waals surface area contributed by atoms with E-state index in [1.165, 1.54) is 0 Å². The van der Waals surface area contributed by atoms with Gasteiger partial charge in [0, 0.05) is 10.4 Å². The molecule has 1 rings (SSSR count). The molecule has 1 aromatic heterocycles. The summed E-state index contributed by atoms with van der Waals surface area (Å²) >= 11 is 6.60. The van der Waals surface area contributed by atoms with E-state index in [0.29, 0.717) is 10.4 Å². The largest absolute Gasteiger partial charge is 0.444 e. The first-order chi connectivity index (χ1) is 6.83. The van der Waals surface area contributed by atoms with Crippen molar-refractivity contribution >= 4 is 37.8 Å². The second kappa shape index (κ2) is 4.70. The maximum absolute atomic E-state index is 11.7. The number of nitrogens with one attached hydrogen (secondary N) is 1. The number of rotatable bonds is 3. The highest BCUT2D eigenvalue weighted by Gasteiger charge is 2.27. The van der Waals surface area contributed by atoms with E-state index >= 15 is 0 Å². The number of furan rings is 1. The summed E-state index contributed by atoms with van der Waals surface area (Å²) < 4.78 is 5.71. The Morgan fingerprint density at radius 1 is 1.53 bits per heavy atom. The molecule has 5 heteroatoms. The van der Waals surface area contributed by atoms with Crippen LogP contribution in [0, 0.1) is 0 Å². The minimum absolute atomic E-state index is 0.173. The molecule has 0 saturated carbocycles. The van der Waals surface area contributed by atoms with E-state index in [1.54, 1.807) is 12.1 Å². The van der Waals surface area contributed by atoms with Gasteiger partial charge in [0.05, 0.1) is 0 Å². The van der Waals surface area contributed by atoms with E-state index in [9.17, 15) is 4.79 Å². The average Bonchev–Trinajstić information content (AvgIpc) is 2.50. The summed E-state index contributed by atoms with van der Waals surface area (Å²) in [6, 6.07) is 3.33. The number of carbonyl (C=O) groups is 1. The maximum atomic E-state index is 11.7. The molecule has 0 spiro atoms. The quantitative estimate of drug-likeness (QED) is 0.859. The van der Waals surface area contributed by atoms with Gasteiger partial charge in [-0.05, 0) is 41.9 Å². The van der Waals surface area contributed by atoms with E-state index in [2.05, 4.69) is 37.2 Å². The normalized spacial score (nSPS) is 13.7. The number of hydrogen-bond donors (Lipinski definition) is 1. The van der Waals surface area contributed by atoms with Crippen LogP contribution in [0.25, 0.3) is 0 Å². The lowest BCUT2D eigenvalue weighted by Gasteiger charge is -2.28. The third-order valence-corrected chi connectivity index (χ3v) is 3.80. The summed E-state index contributed by atoms with van der Waals surface area (Å²) in [5.74, 6) is 0.0973. The van der Waals surface area contributed by atoms with Crippen molar-refractivity contribution in [3.05, 3.63) is 22.6 Å². The van der Waals surface area contributed by atoms with Crippen molar-refractivity contribution in [3.8, 4) is 0 Å². The third-order valence-electron chi connectivity index (χ3n) is 2.23. The lowest BCUT2D eigenvalue weighted by atomic mass is 10.0. The number of amides is 1. The van der Waals surface area contributed by atoms with Crippen molar-refractivity contribution < 1.29 is 9.21 Å². The SMILES string of the molecule is CC(Br)C(C)(C)NC(=O)c1ccc(Br)o1. The Morgan fingerprint density at radius 3 is 2.53 bits per heavy atom. The van der Waals surface area contributed by atoms with E-state index in [0.717, 1.165) is 0 Å². The predicted molar refractivity (Wildman–Crippen MR) is 66.3 cm³/mol. The fourth-order valence-corrected chi connectivity index (χ4v) is 1.31. The molecule has 1 N–H and O–H groups in total. The van der Waals surface area contributed by atoms with Gasteiger partial charge < -0.3 is 9.73 Å². The minimum Gasteiger partial charge on any atom is -0.444 e. The Kier molecular flexibility index (Phi) is 4.00. The fraction of sp³-hybridized carbons (Fsp3) is 0.500. The first-order valence-electron chi connectivity index (χ1n) is 4.55. The number of hydrogen-bond acceptors (Lipinski definition) is 2. The molecule has 0 saturated heterocycles. The third kappa shape index (κ3) is 3.34. The first kappa shape index (κ1) is 12.8. The van der Waals surface area contributed by atoms with Gasteiger partial charge >= 0.3 is 0 Å². The van der Waals surface area contributed by atoms with Gasteiger partial charge in [-0.1, -0.05) is 22.9 Å². The molecule has 0 aliphatic carbocycles. The Bertz CT molecular complexity index is 358. The van der Waals surface area contributed by atoms with Crippen LogP contribution in [0.3, 0.4) is 0 Å². The van der Waals surface area contributed by atoms with Crippen LogP contribution in [0.1, 0.15) is 31.3 Å². The van der Waals surface area contributed by atoms with Crippen molar-refractivity contribution in [2.24, 2.45) is 0 Å². The molecule has 1 atom stereocenters. The Labute approximate surface area is 106 Å². The van der Waals surface area contributed by atoms with Crippen LogP contribution in [-0.4, -0.2) is 16.3 Å². The van der Waals surface area contributed by atoms with Gasteiger partial charge in [-0.3, -0.25) is 4.79 Å². The van der Waals surface area contributed by atoms with E-state index < -0.39 is 0 Å². The molecule has 84 valence electrons. The van der Waals surface area contributed by atoms with Crippen LogP contribution < -0.4 is 5.32 Å². The molecule has 0 aliphatic heterocycles. The average molecular weight is 339 g/mol. The van der Waals surface area contributed by atoms with Crippen molar-refractivity contribution in [2.45, 2.75) is 31.1 Å². The molecule has 0 aliphatic rings. The molecule has 0 fully saturated rings. The van der Waals surface area contributed by atoms with Crippen LogP contribution in [0.4, 0.5) is 0 Å². The Hall–Kier alpha value is -0.290. The Morgan fingerprint density at radius 2 is 2.13 bits per heavy atom. The highest BCUT2D eigenvalue weighted by atomic mass is 79.9. The van der Waals surface area contributed by atoms with Crippen LogP contribution >= 0.6 is 31.9 Å². The van der Waals surface area contributed by atoms with Gasteiger partial charge in [-0.15, -0.1) is 0 Å². The van der Waals surface area contributed by atoms with Crippen LogP contribution in [0.15, 0.2) is 21.2 Å². The number of alkyl halides is 1. The van der Waals surface area contributed by atoms with Crippen LogP contribution in [0.5, 0.6) is 0 Å². The molecular weight excluding hydrogens is 326 g/mol. The molecule has 1 aromatic rings. The Balaban J connectivity index is 2.72. The van der Waals surface area contributed by atoms with Gasteiger partial charge in [0.15, 0.2) is 10.4 Å². The van der Waals surface area contributed by atoms with E-state index in [4.69, 9.17) is 4.42 Å². The standard InChI is InChI=1S/C10H13Br2NO2/c1-6(11)10(2,3)13-9(14)7-4-5-8(12)15-7/h4-6H,1-3H3,(H,13,14). The highest BCUT2D eigenvalue weighted by Crippen LogP contribution is 2.19. The summed E-state index contributed by atoms with van der Waals surface area (Å²) in [7, 11) is 0. The van der Waals surface area contributed by atoms with E-state index in [-0.39, 0.29) is 16.3 Å². The topological polar surface area (TPSA) is 42.2 Å². The van der Waals surface area contributed by atoms with Crippen molar-refractivity contribution in [3.63, 3.8) is 0 Å². The lowest BCUT2D eigenvalue weighted by molar-refractivity contribution is 0.0884. The predicted octanol–water partition coefficient (Wildman–Crippen LogP) is 3.33. The zero-order chi connectivity index (χ0) is 11.6. The summed E-state index contributed by atoms with van der Waals surface area (Å²) in [5, 5.41) is 2.88. The summed E-state index contributed by atoms with van der Waals surface area (Å²) in [6.07, 6.45) is 0. The van der Waals surface area contributed by atoms with Crippen molar-refractivity contribution in [1.29, 1.82) is 0 Å². The highest BCUT2D eigenvalue weighted by molar-refractivity contribution is 9.10. The van der Waals surface area contributed by atoms with Gasteiger partial charge in [0.25, 0.3) is 5.91 Å². The fourth-order valence-electron chi connectivity index (χ4n) is 0.890. The molecule has 1 unspecified atom stereocenters. The molecule has 3 nitrogen and oxygen atoms in total. The number of carbonyl (C=O) groups excluding carboxylic acids is 1. The summed E-state index contributed by atoms with van der Waals surface area (Å²) in [4.78, 5) is 11.9. The monoisotopic (exact) mass is 337 g/mol. The molecule has 1 amide bonds. The van der Waals surface area contributed by atoms with E-state index in [1.807, 2.05) is 20.8 Å².